The van der Waals surface area contributed by atoms with Gasteiger partial charge in [0.2, 0.25) is 5.91 Å². The van der Waals surface area contributed by atoms with Gasteiger partial charge in [-0.3, -0.25) is 9.78 Å². The van der Waals surface area contributed by atoms with Crippen LogP contribution in [-0.4, -0.2) is 40.6 Å². The average molecular weight is 362 g/mol. The number of piperidine rings is 1. The number of carbonyl (C=O) groups excluding carboxylic acids is 1. The first-order valence-corrected chi connectivity index (χ1v) is 8.46. The lowest BCUT2D eigenvalue weighted by Gasteiger charge is -2.32. The predicted octanol–water partition coefficient (Wildman–Crippen LogP) is 1.82. The van der Waals surface area contributed by atoms with Crippen molar-refractivity contribution in [1.82, 2.24) is 15.3 Å². The Bertz CT molecular complexity index is 760. The molecule has 2 aromatic rings. The molecule has 1 aromatic carbocycles. The molecule has 3 rings (SSSR count). The Morgan fingerprint density at radius 3 is 2.92 bits per heavy atom. The second kappa shape index (κ2) is 8.18. The van der Waals surface area contributed by atoms with Gasteiger partial charge in [0, 0.05) is 32.0 Å². The van der Waals surface area contributed by atoms with E-state index in [1.54, 1.807) is 18.6 Å². The fourth-order valence-corrected chi connectivity index (χ4v) is 3.03. The maximum Gasteiger partial charge on any atom is 0.225 e. The van der Waals surface area contributed by atoms with Gasteiger partial charge in [-0.25, -0.2) is 13.8 Å². The molecule has 8 heteroatoms. The molecule has 0 aliphatic carbocycles. The molecule has 26 heavy (non-hydrogen) atoms. The normalized spacial score (nSPS) is 18.4. The van der Waals surface area contributed by atoms with Gasteiger partial charge in [-0.1, -0.05) is 6.07 Å². The highest BCUT2D eigenvalue weighted by Gasteiger charge is 2.27. The van der Waals surface area contributed by atoms with Crippen molar-refractivity contribution in [2.45, 2.75) is 18.9 Å². The van der Waals surface area contributed by atoms with Gasteiger partial charge in [-0.15, -0.1) is 0 Å². The lowest BCUT2D eigenvalue weighted by molar-refractivity contribution is -0.125. The van der Waals surface area contributed by atoms with E-state index in [0.29, 0.717) is 6.54 Å². The molecule has 1 aromatic heterocycles. The first-order valence-electron chi connectivity index (χ1n) is 8.46. The molecule has 0 bridgehead atoms. The van der Waals surface area contributed by atoms with Gasteiger partial charge in [0.25, 0.3) is 0 Å². The van der Waals surface area contributed by atoms with Crippen molar-refractivity contribution < 1.29 is 18.7 Å². The van der Waals surface area contributed by atoms with Crippen LogP contribution in [0.15, 0.2) is 36.8 Å². The molecule has 2 atom stereocenters. The number of aliphatic hydroxyl groups is 1. The van der Waals surface area contributed by atoms with Gasteiger partial charge in [0.05, 0.1) is 18.2 Å². The second-order valence-corrected chi connectivity index (χ2v) is 6.28. The molecule has 2 N–H and O–H groups in total. The number of benzene rings is 1. The van der Waals surface area contributed by atoms with Crippen molar-refractivity contribution in [3.63, 3.8) is 0 Å². The Balaban J connectivity index is 1.55. The van der Waals surface area contributed by atoms with Gasteiger partial charge in [0.1, 0.15) is 5.82 Å². The summed E-state index contributed by atoms with van der Waals surface area (Å²) in [6, 6.07) is 3.18. The van der Waals surface area contributed by atoms with Crippen LogP contribution in [0.4, 0.5) is 14.6 Å². The molecule has 0 unspecified atom stereocenters. The summed E-state index contributed by atoms with van der Waals surface area (Å²) in [5.74, 6) is -1.69. The Labute approximate surface area is 149 Å². The number of hydrogen-bond acceptors (Lipinski definition) is 5. The smallest absolute Gasteiger partial charge is 0.225 e. The van der Waals surface area contributed by atoms with Gasteiger partial charge in [-0.2, -0.15) is 0 Å². The van der Waals surface area contributed by atoms with Gasteiger partial charge < -0.3 is 15.3 Å². The van der Waals surface area contributed by atoms with Crippen LogP contribution in [0.1, 0.15) is 24.5 Å². The minimum Gasteiger partial charge on any atom is -0.387 e. The topological polar surface area (TPSA) is 78.4 Å². The number of amides is 1. The van der Waals surface area contributed by atoms with Gasteiger partial charge in [0.15, 0.2) is 11.6 Å². The Hall–Kier alpha value is -2.61. The molecule has 1 aliphatic rings. The number of nitrogens with one attached hydrogen (secondary N) is 1. The quantitative estimate of drug-likeness (QED) is 0.848. The summed E-state index contributed by atoms with van der Waals surface area (Å²) in [6.07, 6.45) is 5.35. The third-order valence-corrected chi connectivity index (χ3v) is 4.46. The van der Waals surface area contributed by atoms with Crippen LogP contribution in [0.5, 0.6) is 0 Å². The van der Waals surface area contributed by atoms with Crippen molar-refractivity contribution in [2.24, 2.45) is 5.92 Å². The van der Waals surface area contributed by atoms with E-state index in [1.807, 2.05) is 4.90 Å². The number of halogens is 2. The van der Waals surface area contributed by atoms with Gasteiger partial charge in [-0.05, 0) is 30.5 Å². The van der Waals surface area contributed by atoms with Crippen LogP contribution in [0.3, 0.4) is 0 Å². The molecule has 0 radical (unpaired) electrons. The lowest BCUT2D eigenvalue weighted by atomic mass is 9.97. The molecule has 1 amide bonds. The number of aromatic nitrogens is 2. The molecule has 0 spiro atoms. The van der Waals surface area contributed by atoms with E-state index in [9.17, 15) is 18.7 Å². The third-order valence-electron chi connectivity index (χ3n) is 4.46. The van der Waals surface area contributed by atoms with E-state index in [0.717, 1.165) is 37.3 Å². The first-order chi connectivity index (χ1) is 12.5. The Morgan fingerprint density at radius 2 is 2.19 bits per heavy atom. The molecule has 1 aliphatic heterocycles. The summed E-state index contributed by atoms with van der Waals surface area (Å²) >= 11 is 0. The summed E-state index contributed by atoms with van der Waals surface area (Å²) in [4.78, 5) is 22.7. The number of carbonyl (C=O) groups is 1. The van der Waals surface area contributed by atoms with Crippen molar-refractivity contribution in [2.75, 3.05) is 24.5 Å². The molecule has 138 valence electrons. The standard InChI is InChI=1S/C18H20F2N4O2/c19-14-4-3-12(8-15(14)20)16(25)9-23-18(26)13-2-1-7-24(11-13)17-10-21-5-6-22-17/h3-6,8,10,13,16,25H,1-2,7,9,11H2,(H,23,26)/t13-,16+/m1/s1. The van der Waals surface area contributed by atoms with Crippen LogP contribution in [0.2, 0.25) is 0 Å². The highest BCUT2D eigenvalue weighted by molar-refractivity contribution is 5.79. The minimum absolute atomic E-state index is 0.0639. The summed E-state index contributed by atoms with van der Waals surface area (Å²) in [5.41, 5.74) is 0.217. The Morgan fingerprint density at radius 1 is 1.35 bits per heavy atom. The largest absolute Gasteiger partial charge is 0.387 e. The molecule has 1 fully saturated rings. The SMILES string of the molecule is O=C(NC[C@H](O)c1ccc(F)c(F)c1)[C@@H]1CCCN(c2cnccn2)C1. The minimum atomic E-state index is -1.10. The highest BCUT2D eigenvalue weighted by Crippen LogP contribution is 2.21. The lowest BCUT2D eigenvalue weighted by Crippen LogP contribution is -2.44. The fraction of sp³-hybridized carbons (Fsp3) is 0.389. The zero-order chi connectivity index (χ0) is 18.5. The predicted molar refractivity (Wildman–Crippen MR) is 91.3 cm³/mol. The summed E-state index contributed by atoms with van der Waals surface area (Å²) in [6.45, 7) is 1.26. The van der Waals surface area contributed by atoms with Crippen LogP contribution in [0.25, 0.3) is 0 Å². The highest BCUT2D eigenvalue weighted by atomic mass is 19.2. The average Bonchev–Trinajstić information content (AvgIpc) is 2.68. The van der Waals surface area contributed by atoms with Crippen molar-refractivity contribution in [3.8, 4) is 0 Å². The molecule has 2 heterocycles. The summed E-state index contributed by atoms with van der Waals surface area (Å²) in [7, 11) is 0. The number of aliphatic hydroxyl groups excluding tert-OH is 1. The van der Waals surface area contributed by atoms with E-state index in [2.05, 4.69) is 15.3 Å². The number of hydrogen-bond donors (Lipinski definition) is 2. The maximum atomic E-state index is 13.2. The van der Waals surface area contributed by atoms with Crippen LogP contribution in [0, 0.1) is 17.6 Å². The third kappa shape index (κ3) is 4.32. The number of anilines is 1. The molecule has 0 saturated carbocycles. The number of rotatable bonds is 5. The monoisotopic (exact) mass is 362 g/mol. The molecular formula is C18H20F2N4O2. The molecule has 6 nitrogen and oxygen atoms in total. The van der Waals surface area contributed by atoms with Crippen LogP contribution in [-0.2, 0) is 4.79 Å². The molecule has 1 saturated heterocycles. The van der Waals surface area contributed by atoms with Gasteiger partial charge >= 0.3 is 0 Å². The summed E-state index contributed by atoms with van der Waals surface area (Å²) in [5, 5.41) is 12.8. The number of nitrogens with zero attached hydrogens (tertiary/aromatic N) is 3. The first kappa shape index (κ1) is 18.2. The van der Waals surface area contributed by atoms with Crippen LogP contribution >= 0.6 is 0 Å². The summed E-state index contributed by atoms with van der Waals surface area (Å²) < 4.78 is 26.2. The van der Waals surface area contributed by atoms with E-state index >= 15 is 0 Å². The van der Waals surface area contributed by atoms with E-state index in [4.69, 9.17) is 0 Å². The molecular weight excluding hydrogens is 342 g/mol. The van der Waals surface area contributed by atoms with Crippen molar-refractivity contribution in [3.05, 3.63) is 54.0 Å². The zero-order valence-electron chi connectivity index (χ0n) is 14.1. The van der Waals surface area contributed by atoms with E-state index in [-0.39, 0.29) is 23.9 Å². The Kier molecular flexibility index (Phi) is 5.72. The second-order valence-electron chi connectivity index (χ2n) is 6.28. The van der Waals surface area contributed by atoms with E-state index < -0.39 is 17.7 Å². The van der Waals surface area contributed by atoms with Crippen molar-refractivity contribution in [1.29, 1.82) is 0 Å². The maximum absolute atomic E-state index is 13.2. The van der Waals surface area contributed by atoms with Crippen LogP contribution < -0.4 is 10.2 Å². The zero-order valence-corrected chi connectivity index (χ0v) is 14.1. The fourth-order valence-electron chi connectivity index (χ4n) is 3.03. The van der Waals surface area contributed by atoms with E-state index in [1.165, 1.54) is 6.07 Å². The van der Waals surface area contributed by atoms with Crippen molar-refractivity contribution >= 4 is 11.7 Å².